The van der Waals surface area contributed by atoms with Crippen LogP contribution in [-0.4, -0.2) is 46.2 Å². The fourth-order valence-electron chi connectivity index (χ4n) is 5.05. The Bertz CT molecular complexity index is 974. The molecule has 2 fully saturated rings. The van der Waals surface area contributed by atoms with E-state index in [0.717, 1.165) is 22.6 Å². The van der Waals surface area contributed by atoms with E-state index in [2.05, 4.69) is 0 Å². The van der Waals surface area contributed by atoms with E-state index < -0.39 is 11.8 Å². The van der Waals surface area contributed by atoms with Gasteiger partial charge in [0.15, 0.2) is 19.2 Å². The first-order valence-corrected chi connectivity index (χ1v) is 10.6. The van der Waals surface area contributed by atoms with Crippen LogP contribution < -0.4 is 14.2 Å². The van der Waals surface area contributed by atoms with Crippen LogP contribution in [0.5, 0.6) is 17.2 Å². The first-order chi connectivity index (χ1) is 15.6. The molecule has 1 saturated carbocycles. The normalized spacial score (nSPS) is 27.8. The van der Waals surface area contributed by atoms with E-state index in [0.29, 0.717) is 18.6 Å². The number of fused-ring (bicyclic) bond motifs is 3. The second-order valence-electron chi connectivity index (χ2n) is 8.41. The molecule has 0 unspecified atom stereocenters. The highest BCUT2D eigenvalue weighted by Crippen LogP contribution is 2.59. The molecular weight excluding hydrogens is 416 g/mol. The maximum Gasteiger partial charge on any atom is 0.509 e. The van der Waals surface area contributed by atoms with E-state index in [1.165, 1.54) is 0 Å². The van der Waals surface area contributed by atoms with Gasteiger partial charge in [-0.05, 0) is 54.7 Å². The van der Waals surface area contributed by atoms with Gasteiger partial charge >= 0.3 is 6.16 Å². The highest BCUT2D eigenvalue weighted by molar-refractivity contribution is 5.63. The summed E-state index contributed by atoms with van der Waals surface area (Å²) in [7, 11) is 3.17. The molecule has 0 amide bonds. The van der Waals surface area contributed by atoms with Crippen molar-refractivity contribution in [1.82, 2.24) is 0 Å². The summed E-state index contributed by atoms with van der Waals surface area (Å²) >= 11 is 0. The van der Waals surface area contributed by atoms with Gasteiger partial charge in [-0.2, -0.15) is 0 Å². The number of benzene rings is 2. The van der Waals surface area contributed by atoms with Gasteiger partial charge in [-0.25, -0.2) is 4.79 Å². The average molecular weight is 442 g/mol. The zero-order chi connectivity index (χ0) is 22.1. The minimum absolute atomic E-state index is 0.111. The van der Waals surface area contributed by atoms with Crippen LogP contribution in [0.25, 0.3) is 0 Å². The summed E-state index contributed by atoms with van der Waals surface area (Å²) in [6, 6.07) is 13.6. The molecule has 5 rings (SSSR count). The summed E-state index contributed by atoms with van der Waals surface area (Å²) in [5.74, 6) is 2.49. The first-order valence-electron chi connectivity index (χ1n) is 10.6. The van der Waals surface area contributed by atoms with E-state index in [1.807, 2.05) is 42.5 Å². The van der Waals surface area contributed by atoms with E-state index in [9.17, 15) is 4.79 Å². The van der Waals surface area contributed by atoms with E-state index in [-0.39, 0.29) is 38.1 Å². The van der Waals surface area contributed by atoms with Crippen molar-refractivity contribution in [2.75, 3.05) is 34.4 Å². The smallest absolute Gasteiger partial charge is 0.485 e. The molecule has 0 bridgehead atoms. The van der Waals surface area contributed by atoms with Gasteiger partial charge in [0.05, 0.1) is 0 Å². The number of rotatable bonds is 7. The number of hydrogen-bond donors (Lipinski definition) is 0. The van der Waals surface area contributed by atoms with Gasteiger partial charge in [0.1, 0.15) is 30.0 Å². The molecule has 2 heterocycles. The molecule has 1 spiro atoms. The van der Waals surface area contributed by atoms with Gasteiger partial charge in [-0.3, -0.25) is 0 Å². The zero-order valence-corrected chi connectivity index (χ0v) is 18.1. The van der Waals surface area contributed by atoms with Crippen LogP contribution in [0.3, 0.4) is 0 Å². The minimum Gasteiger partial charge on any atom is -0.485 e. The molecule has 2 aliphatic heterocycles. The summed E-state index contributed by atoms with van der Waals surface area (Å²) in [6.07, 6.45) is 0.559. The third-order valence-corrected chi connectivity index (χ3v) is 6.39. The van der Waals surface area contributed by atoms with Gasteiger partial charge in [-0.1, -0.05) is 12.1 Å². The quantitative estimate of drug-likeness (QED) is 0.467. The lowest BCUT2D eigenvalue weighted by atomic mass is 9.80. The number of methoxy groups -OCH3 is 2. The van der Waals surface area contributed by atoms with E-state index >= 15 is 0 Å². The third kappa shape index (κ3) is 3.84. The molecule has 2 aromatic rings. The largest absolute Gasteiger partial charge is 0.509 e. The predicted molar refractivity (Wildman–Crippen MR) is 112 cm³/mol. The molecule has 0 radical (unpaired) electrons. The number of carbonyl (C=O) groups excluding carboxylic acids is 1. The Morgan fingerprint density at radius 2 is 1.69 bits per heavy atom. The van der Waals surface area contributed by atoms with Crippen LogP contribution in [0.4, 0.5) is 4.79 Å². The average Bonchev–Trinajstić information content (AvgIpc) is 3.37. The standard InChI is InChI=1S/C24H26O8/c1-26-13-29-16-5-3-15(4-6-16)22-20-11-24(12-28-23(25)32-24)10-19(20)18-9-17(30-14-27-2)7-8-21(18)31-22/h3-9,19-20,22H,10-14H2,1-2H3/t19-,20-,22-,24+/m1/s1. The minimum atomic E-state index is -0.624. The topological polar surface area (TPSA) is 81.7 Å². The molecule has 32 heavy (non-hydrogen) atoms. The maximum atomic E-state index is 11.8. The van der Waals surface area contributed by atoms with Crippen LogP contribution in [0.1, 0.15) is 36.0 Å². The van der Waals surface area contributed by atoms with Gasteiger partial charge in [-0.15, -0.1) is 0 Å². The van der Waals surface area contributed by atoms with Crippen LogP contribution >= 0.6 is 0 Å². The SMILES string of the molecule is COCOc1ccc([C@H]2Oc3ccc(OCOC)cc3[C@H]3C[C@@]4(COC(=O)O4)C[C@H]32)cc1. The number of ether oxygens (including phenoxy) is 7. The second-order valence-corrected chi connectivity index (χ2v) is 8.41. The Morgan fingerprint density at radius 1 is 0.969 bits per heavy atom. The van der Waals surface area contributed by atoms with E-state index in [1.54, 1.807) is 14.2 Å². The summed E-state index contributed by atoms with van der Waals surface area (Å²) in [6.45, 7) is 0.631. The fourth-order valence-corrected chi connectivity index (χ4v) is 5.05. The highest BCUT2D eigenvalue weighted by atomic mass is 16.8. The third-order valence-electron chi connectivity index (χ3n) is 6.39. The molecule has 2 aromatic carbocycles. The number of cyclic esters (lactones) is 1. The lowest BCUT2D eigenvalue weighted by molar-refractivity contribution is 0.0472. The molecule has 0 N–H and O–H groups in total. The molecule has 0 aromatic heterocycles. The second kappa shape index (κ2) is 8.52. The monoisotopic (exact) mass is 442 g/mol. The Morgan fingerprint density at radius 3 is 2.38 bits per heavy atom. The summed E-state index contributed by atoms with van der Waals surface area (Å²) in [4.78, 5) is 11.8. The molecule has 170 valence electrons. The van der Waals surface area contributed by atoms with E-state index in [4.69, 9.17) is 33.2 Å². The van der Waals surface area contributed by atoms with Crippen molar-refractivity contribution < 1.29 is 38.0 Å². The van der Waals surface area contributed by atoms with Gasteiger partial charge < -0.3 is 33.2 Å². The highest BCUT2D eigenvalue weighted by Gasteiger charge is 2.57. The first kappa shape index (κ1) is 20.9. The lowest BCUT2D eigenvalue weighted by Gasteiger charge is -2.36. The van der Waals surface area contributed by atoms with Crippen LogP contribution in [0.2, 0.25) is 0 Å². The molecule has 1 saturated heterocycles. The Labute approximate surface area is 186 Å². The zero-order valence-electron chi connectivity index (χ0n) is 18.1. The van der Waals surface area contributed by atoms with Crippen molar-refractivity contribution in [3.8, 4) is 17.2 Å². The fraction of sp³-hybridized carbons (Fsp3) is 0.458. The summed E-state index contributed by atoms with van der Waals surface area (Å²) in [5.41, 5.74) is 1.47. The summed E-state index contributed by atoms with van der Waals surface area (Å²) in [5, 5.41) is 0. The van der Waals surface area contributed by atoms with Crippen molar-refractivity contribution in [3.05, 3.63) is 53.6 Å². The Hall–Kier alpha value is -2.97. The Kier molecular flexibility index (Phi) is 5.57. The molecule has 3 aliphatic rings. The van der Waals surface area contributed by atoms with Crippen LogP contribution in [0.15, 0.2) is 42.5 Å². The molecule has 8 nitrogen and oxygen atoms in total. The lowest BCUT2D eigenvalue weighted by Crippen LogP contribution is -2.29. The number of hydrogen-bond acceptors (Lipinski definition) is 8. The van der Waals surface area contributed by atoms with Crippen molar-refractivity contribution in [2.24, 2.45) is 5.92 Å². The van der Waals surface area contributed by atoms with Crippen molar-refractivity contribution in [2.45, 2.75) is 30.5 Å². The van der Waals surface area contributed by atoms with Crippen molar-refractivity contribution in [1.29, 1.82) is 0 Å². The molecule has 1 aliphatic carbocycles. The predicted octanol–water partition coefficient (Wildman–Crippen LogP) is 4.18. The summed E-state index contributed by atoms with van der Waals surface area (Å²) < 4.78 is 38.5. The van der Waals surface area contributed by atoms with Gasteiger partial charge in [0.2, 0.25) is 0 Å². The van der Waals surface area contributed by atoms with Crippen molar-refractivity contribution in [3.63, 3.8) is 0 Å². The molecule has 4 atom stereocenters. The Balaban J connectivity index is 1.47. The van der Waals surface area contributed by atoms with Gasteiger partial charge in [0.25, 0.3) is 0 Å². The maximum absolute atomic E-state index is 11.8. The number of carbonyl (C=O) groups is 1. The molecular formula is C24H26O8. The molecule has 8 heteroatoms. The van der Waals surface area contributed by atoms with Gasteiger partial charge in [0, 0.05) is 25.7 Å². The van der Waals surface area contributed by atoms with Crippen LogP contribution in [0, 0.1) is 5.92 Å². The van der Waals surface area contributed by atoms with Crippen molar-refractivity contribution >= 4 is 6.16 Å². The van der Waals surface area contributed by atoms with Crippen LogP contribution in [-0.2, 0) is 18.9 Å².